The molecule has 0 aromatic heterocycles. The van der Waals surface area contributed by atoms with Crippen molar-refractivity contribution >= 4 is 29.7 Å². The normalized spacial score (nSPS) is 17.9. The van der Waals surface area contributed by atoms with Gasteiger partial charge in [-0.2, -0.15) is 0 Å². The molecule has 26 heavy (non-hydrogen) atoms. The number of benzene rings is 1. The van der Waals surface area contributed by atoms with E-state index in [-0.39, 0.29) is 0 Å². The molecule has 2 rings (SSSR count). The fraction of sp³-hybridized carbons (Fsp3) is 0.444. The second-order valence-electron chi connectivity index (χ2n) is 6.24. The van der Waals surface area contributed by atoms with Gasteiger partial charge in [-0.05, 0) is 31.2 Å². The molecule has 0 radical (unpaired) electrons. The number of urea groups is 1. The Hall–Kier alpha value is -2.74. The van der Waals surface area contributed by atoms with E-state index in [0.717, 1.165) is 17.9 Å². The van der Waals surface area contributed by atoms with Crippen LogP contribution in [-0.4, -0.2) is 57.9 Å². The summed E-state index contributed by atoms with van der Waals surface area (Å²) in [6.45, 7) is 3.86. The molecule has 1 fully saturated rings. The van der Waals surface area contributed by atoms with Crippen molar-refractivity contribution < 1.29 is 24.0 Å². The zero-order valence-corrected chi connectivity index (χ0v) is 15.3. The molecule has 1 aromatic rings. The highest BCUT2D eigenvalue weighted by atomic mass is 16.5. The number of hydrogen-bond donors (Lipinski definition) is 2. The molecule has 1 aliphatic rings. The minimum absolute atomic E-state index is 0.373. The second kappa shape index (κ2) is 9.10. The Labute approximate surface area is 152 Å². The van der Waals surface area contributed by atoms with Gasteiger partial charge in [-0.3, -0.25) is 19.9 Å². The van der Waals surface area contributed by atoms with Crippen LogP contribution in [0, 0.1) is 5.92 Å². The molecule has 1 heterocycles. The lowest BCUT2D eigenvalue weighted by Crippen LogP contribution is -3.05. The zero-order chi connectivity index (χ0) is 19.1. The Balaban J connectivity index is 2.09. The predicted molar refractivity (Wildman–Crippen MR) is 97.8 cm³/mol. The van der Waals surface area contributed by atoms with Crippen molar-refractivity contribution in [2.75, 3.05) is 38.7 Å². The van der Waals surface area contributed by atoms with Crippen LogP contribution >= 0.6 is 0 Å². The first-order valence-corrected chi connectivity index (χ1v) is 8.64. The molecule has 0 bridgehead atoms. The van der Waals surface area contributed by atoms with E-state index in [1.165, 1.54) is 11.1 Å². The lowest BCUT2D eigenvalue weighted by atomic mass is 10.1. The number of aliphatic imine (C=N–C) groups is 1. The molecule has 140 valence electrons. The molecule has 2 N–H and O–H groups in total. The summed E-state index contributed by atoms with van der Waals surface area (Å²) in [4.78, 5) is 43.2. The number of ether oxygens (including phenoxy) is 1. The summed E-state index contributed by atoms with van der Waals surface area (Å²) in [5.41, 5.74) is 0.373. The highest BCUT2D eigenvalue weighted by molar-refractivity contribution is 6.32. The van der Waals surface area contributed by atoms with Gasteiger partial charge in [0.2, 0.25) is 5.91 Å². The van der Waals surface area contributed by atoms with E-state index in [1.807, 2.05) is 21.0 Å². The van der Waals surface area contributed by atoms with Crippen molar-refractivity contribution in [2.45, 2.75) is 13.3 Å². The minimum Gasteiger partial charge on any atom is -0.494 e. The topological polar surface area (TPSA) is 92.5 Å². The summed E-state index contributed by atoms with van der Waals surface area (Å²) in [5, 5.41) is 2.21. The van der Waals surface area contributed by atoms with Crippen LogP contribution in [-0.2, 0) is 9.59 Å². The molecule has 0 unspecified atom stereocenters. The number of imide groups is 2. The van der Waals surface area contributed by atoms with Crippen molar-refractivity contribution in [2.24, 2.45) is 10.9 Å². The largest absolute Gasteiger partial charge is 0.494 e. The number of carbonyl (C=O) groups is 3. The smallest absolute Gasteiger partial charge is 0.335 e. The SMILES string of the molecule is CCOc1ccc(N2C(=O)NC(=O)[C@@H](C=NCCC[NH+](C)C)C2=O)cc1. The Kier molecular flexibility index (Phi) is 6.85. The van der Waals surface area contributed by atoms with Crippen LogP contribution < -0.4 is 19.9 Å². The van der Waals surface area contributed by atoms with Crippen molar-refractivity contribution in [3.05, 3.63) is 24.3 Å². The first kappa shape index (κ1) is 19.6. The van der Waals surface area contributed by atoms with E-state index in [0.29, 0.717) is 24.6 Å². The summed E-state index contributed by atoms with van der Waals surface area (Å²) in [6.07, 6.45) is 2.18. The number of nitrogens with zero attached hydrogens (tertiary/aromatic N) is 2. The maximum Gasteiger partial charge on any atom is 0.335 e. The average Bonchev–Trinajstić information content (AvgIpc) is 2.58. The molecule has 1 atom stereocenters. The Morgan fingerprint density at radius 3 is 2.54 bits per heavy atom. The quantitative estimate of drug-likeness (QED) is 0.384. The van der Waals surface area contributed by atoms with Gasteiger partial charge in [0.1, 0.15) is 5.75 Å². The van der Waals surface area contributed by atoms with E-state index in [1.54, 1.807) is 24.3 Å². The lowest BCUT2D eigenvalue weighted by Gasteiger charge is -2.28. The molecule has 0 aliphatic carbocycles. The number of anilines is 1. The summed E-state index contributed by atoms with van der Waals surface area (Å²) in [6, 6.07) is 5.79. The summed E-state index contributed by atoms with van der Waals surface area (Å²) >= 11 is 0. The van der Waals surface area contributed by atoms with Gasteiger partial charge in [0.15, 0.2) is 5.92 Å². The van der Waals surface area contributed by atoms with Gasteiger partial charge in [-0.15, -0.1) is 0 Å². The Morgan fingerprint density at radius 2 is 1.92 bits per heavy atom. The predicted octanol–water partition coefficient (Wildman–Crippen LogP) is -0.110. The maximum absolute atomic E-state index is 12.6. The number of quaternary nitrogens is 1. The molecule has 4 amide bonds. The minimum atomic E-state index is -1.11. The number of rotatable bonds is 8. The lowest BCUT2D eigenvalue weighted by molar-refractivity contribution is -0.858. The van der Waals surface area contributed by atoms with Crippen LogP contribution in [0.3, 0.4) is 0 Å². The number of hydrogen-bond acceptors (Lipinski definition) is 5. The fourth-order valence-corrected chi connectivity index (χ4v) is 2.53. The highest BCUT2D eigenvalue weighted by Crippen LogP contribution is 2.23. The molecule has 0 spiro atoms. The molecule has 0 saturated carbocycles. The van der Waals surface area contributed by atoms with Crippen molar-refractivity contribution in [1.29, 1.82) is 0 Å². The summed E-state index contributed by atoms with van der Waals surface area (Å²) in [7, 11) is 4.09. The number of amides is 4. The van der Waals surface area contributed by atoms with Crippen molar-refractivity contribution in [1.82, 2.24) is 5.32 Å². The Bertz CT molecular complexity index is 685. The number of barbiturate groups is 1. The highest BCUT2D eigenvalue weighted by Gasteiger charge is 2.40. The fourth-order valence-electron chi connectivity index (χ4n) is 2.53. The van der Waals surface area contributed by atoms with Gasteiger partial charge in [0, 0.05) is 19.2 Å². The molecule has 1 aliphatic heterocycles. The van der Waals surface area contributed by atoms with Gasteiger partial charge in [-0.1, -0.05) is 0 Å². The van der Waals surface area contributed by atoms with E-state index < -0.39 is 23.8 Å². The molecular formula is C18H25N4O4+. The monoisotopic (exact) mass is 361 g/mol. The first-order chi connectivity index (χ1) is 12.4. The summed E-state index contributed by atoms with van der Waals surface area (Å²) < 4.78 is 5.35. The maximum atomic E-state index is 12.6. The molecular weight excluding hydrogens is 336 g/mol. The number of nitrogens with one attached hydrogen (secondary N) is 2. The van der Waals surface area contributed by atoms with E-state index >= 15 is 0 Å². The van der Waals surface area contributed by atoms with E-state index in [4.69, 9.17) is 4.74 Å². The van der Waals surface area contributed by atoms with Crippen LogP contribution in [0.5, 0.6) is 5.75 Å². The van der Waals surface area contributed by atoms with Crippen LogP contribution in [0.2, 0.25) is 0 Å². The van der Waals surface area contributed by atoms with Crippen molar-refractivity contribution in [3.8, 4) is 5.75 Å². The van der Waals surface area contributed by atoms with E-state index in [2.05, 4.69) is 10.3 Å². The number of carbonyl (C=O) groups excluding carboxylic acids is 3. The third-order valence-corrected chi connectivity index (χ3v) is 3.83. The third-order valence-electron chi connectivity index (χ3n) is 3.83. The van der Waals surface area contributed by atoms with Gasteiger partial charge < -0.3 is 9.64 Å². The zero-order valence-electron chi connectivity index (χ0n) is 15.3. The average molecular weight is 361 g/mol. The molecule has 1 saturated heterocycles. The standard InChI is InChI=1S/C18H24N4O4/c1-4-26-14-8-6-13(7-9-14)22-17(24)15(16(23)20-18(22)25)12-19-10-5-11-21(2)3/h6-9,12,15H,4-5,10-11H2,1-3H3,(H,20,23,25)/p+1/t15-/m1/s1. The molecule has 8 heteroatoms. The van der Waals surface area contributed by atoms with Gasteiger partial charge in [0.25, 0.3) is 5.91 Å². The van der Waals surface area contributed by atoms with Crippen molar-refractivity contribution in [3.63, 3.8) is 0 Å². The van der Waals surface area contributed by atoms with Gasteiger partial charge in [0.05, 0.1) is 32.9 Å². The summed E-state index contributed by atoms with van der Waals surface area (Å²) in [5.74, 6) is -1.72. The third kappa shape index (κ3) is 4.89. The van der Waals surface area contributed by atoms with Gasteiger partial charge >= 0.3 is 6.03 Å². The first-order valence-electron chi connectivity index (χ1n) is 8.64. The van der Waals surface area contributed by atoms with Crippen LogP contribution in [0.4, 0.5) is 10.5 Å². The van der Waals surface area contributed by atoms with Crippen LogP contribution in [0.1, 0.15) is 13.3 Å². The Morgan fingerprint density at radius 1 is 1.23 bits per heavy atom. The van der Waals surface area contributed by atoms with Crippen LogP contribution in [0.25, 0.3) is 0 Å². The van der Waals surface area contributed by atoms with Gasteiger partial charge in [-0.25, -0.2) is 9.69 Å². The molecule has 8 nitrogen and oxygen atoms in total. The van der Waals surface area contributed by atoms with E-state index in [9.17, 15) is 14.4 Å². The second-order valence-corrected chi connectivity index (χ2v) is 6.24. The van der Waals surface area contributed by atoms with Crippen LogP contribution in [0.15, 0.2) is 29.3 Å². The molecule has 1 aromatic carbocycles.